The van der Waals surface area contributed by atoms with E-state index in [2.05, 4.69) is 4.90 Å². The lowest BCUT2D eigenvalue weighted by Gasteiger charge is -2.24. The third-order valence-corrected chi connectivity index (χ3v) is 4.67. The zero-order valence-electron chi connectivity index (χ0n) is 9.04. The van der Waals surface area contributed by atoms with E-state index in [1.54, 1.807) is 0 Å². The first kappa shape index (κ1) is 9.17. The Balaban J connectivity index is 1.63. The number of likely N-dealkylation sites (tertiary alicyclic amines) is 1. The van der Waals surface area contributed by atoms with E-state index >= 15 is 0 Å². The lowest BCUT2D eigenvalue weighted by molar-refractivity contribution is 0.248. The summed E-state index contributed by atoms with van der Waals surface area (Å²) in [6.45, 7) is 3.70. The van der Waals surface area contributed by atoms with E-state index in [0.717, 1.165) is 18.5 Å². The zero-order chi connectivity index (χ0) is 9.60. The van der Waals surface area contributed by atoms with Gasteiger partial charge in [0.05, 0.1) is 0 Å². The van der Waals surface area contributed by atoms with Crippen LogP contribution in [-0.2, 0) is 0 Å². The molecule has 1 heterocycles. The molecule has 0 amide bonds. The fourth-order valence-electron chi connectivity index (χ4n) is 3.62. The minimum atomic E-state index is 0.701. The highest BCUT2D eigenvalue weighted by molar-refractivity contribution is 5.00. The maximum Gasteiger partial charge on any atom is 0.00966 e. The molecule has 0 aromatic rings. The molecule has 14 heavy (non-hydrogen) atoms. The van der Waals surface area contributed by atoms with Crippen LogP contribution in [0.1, 0.15) is 38.5 Å². The number of hydrogen-bond acceptors (Lipinski definition) is 2. The topological polar surface area (TPSA) is 29.3 Å². The summed E-state index contributed by atoms with van der Waals surface area (Å²) in [4.78, 5) is 2.75. The van der Waals surface area contributed by atoms with E-state index in [4.69, 9.17) is 5.73 Å². The third kappa shape index (κ3) is 1.49. The molecule has 3 fully saturated rings. The van der Waals surface area contributed by atoms with Gasteiger partial charge in [0.1, 0.15) is 0 Å². The van der Waals surface area contributed by atoms with Crippen LogP contribution in [0.4, 0.5) is 0 Å². The molecule has 1 aliphatic heterocycles. The van der Waals surface area contributed by atoms with Crippen LogP contribution in [0.2, 0.25) is 0 Å². The van der Waals surface area contributed by atoms with Crippen molar-refractivity contribution in [2.45, 2.75) is 44.6 Å². The van der Waals surface area contributed by atoms with Gasteiger partial charge in [0.15, 0.2) is 0 Å². The van der Waals surface area contributed by atoms with Crippen molar-refractivity contribution in [1.82, 2.24) is 4.90 Å². The van der Waals surface area contributed by atoms with Gasteiger partial charge in [-0.05, 0) is 62.9 Å². The van der Waals surface area contributed by atoms with Crippen LogP contribution in [-0.4, -0.2) is 30.6 Å². The molecule has 2 saturated carbocycles. The molecule has 1 saturated heterocycles. The first-order valence-corrected chi connectivity index (χ1v) is 6.25. The third-order valence-electron chi connectivity index (χ3n) is 4.67. The molecule has 0 radical (unpaired) electrons. The summed E-state index contributed by atoms with van der Waals surface area (Å²) in [6.07, 6.45) is 8.67. The molecule has 2 heteroatoms. The van der Waals surface area contributed by atoms with Gasteiger partial charge in [-0.3, -0.25) is 4.90 Å². The fraction of sp³-hybridized carbons (Fsp3) is 1.00. The summed E-state index contributed by atoms with van der Waals surface area (Å²) < 4.78 is 0. The van der Waals surface area contributed by atoms with Gasteiger partial charge in [0.25, 0.3) is 0 Å². The highest BCUT2D eigenvalue weighted by atomic mass is 15.2. The summed E-state index contributed by atoms with van der Waals surface area (Å²) in [5.74, 6) is 0.842. The largest absolute Gasteiger partial charge is 0.330 e. The van der Waals surface area contributed by atoms with Gasteiger partial charge >= 0.3 is 0 Å². The quantitative estimate of drug-likeness (QED) is 0.723. The van der Waals surface area contributed by atoms with Gasteiger partial charge in [-0.2, -0.15) is 0 Å². The summed E-state index contributed by atoms with van der Waals surface area (Å²) >= 11 is 0. The second-order valence-corrected chi connectivity index (χ2v) is 5.80. The van der Waals surface area contributed by atoms with Gasteiger partial charge in [-0.1, -0.05) is 0 Å². The average molecular weight is 194 g/mol. The van der Waals surface area contributed by atoms with Crippen molar-refractivity contribution in [2.24, 2.45) is 17.1 Å². The van der Waals surface area contributed by atoms with Crippen LogP contribution in [0.5, 0.6) is 0 Å². The Kier molecular flexibility index (Phi) is 2.10. The average Bonchev–Trinajstić information content (AvgIpc) is 2.87. The number of rotatable bonds is 2. The van der Waals surface area contributed by atoms with Crippen molar-refractivity contribution in [1.29, 1.82) is 0 Å². The molecule has 3 aliphatic rings. The SMILES string of the molecule is NC[C@H]1CC[C@@]2(CCN(C3CC3)C2)C1. The Morgan fingerprint density at radius 2 is 2.07 bits per heavy atom. The predicted octanol–water partition coefficient (Wildman–Crippen LogP) is 1.60. The molecule has 0 bridgehead atoms. The van der Waals surface area contributed by atoms with E-state index in [1.165, 1.54) is 51.6 Å². The molecule has 2 atom stereocenters. The Hall–Kier alpha value is -0.0800. The molecule has 0 aromatic heterocycles. The maximum atomic E-state index is 5.78. The summed E-state index contributed by atoms with van der Waals surface area (Å²) in [6, 6.07) is 0.978. The monoisotopic (exact) mass is 194 g/mol. The van der Waals surface area contributed by atoms with Gasteiger partial charge in [0, 0.05) is 12.6 Å². The van der Waals surface area contributed by atoms with E-state index in [-0.39, 0.29) is 0 Å². The molecule has 1 spiro atoms. The first-order valence-electron chi connectivity index (χ1n) is 6.25. The van der Waals surface area contributed by atoms with Crippen LogP contribution >= 0.6 is 0 Å². The van der Waals surface area contributed by atoms with Crippen molar-refractivity contribution in [3.63, 3.8) is 0 Å². The number of hydrogen-bond donors (Lipinski definition) is 1. The Bertz CT molecular complexity index is 224. The highest BCUT2D eigenvalue weighted by Gasteiger charge is 2.46. The molecular formula is C12H22N2. The fourth-order valence-corrected chi connectivity index (χ4v) is 3.62. The Morgan fingerprint density at radius 1 is 1.21 bits per heavy atom. The molecule has 2 N–H and O–H groups in total. The van der Waals surface area contributed by atoms with Gasteiger partial charge < -0.3 is 5.73 Å². The van der Waals surface area contributed by atoms with Crippen LogP contribution in [0.3, 0.4) is 0 Å². The zero-order valence-corrected chi connectivity index (χ0v) is 9.04. The van der Waals surface area contributed by atoms with Gasteiger partial charge in [0.2, 0.25) is 0 Å². The minimum absolute atomic E-state index is 0.701. The van der Waals surface area contributed by atoms with Crippen molar-refractivity contribution in [3.05, 3.63) is 0 Å². The van der Waals surface area contributed by atoms with Crippen LogP contribution in [0.15, 0.2) is 0 Å². The van der Waals surface area contributed by atoms with Crippen LogP contribution in [0.25, 0.3) is 0 Å². The Morgan fingerprint density at radius 3 is 2.71 bits per heavy atom. The maximum absolute atomic E-state index is 5.78. The molecule has 2 nitrogen and oxygen atoms in total. The van der Waals surface area contributed by atoms with E-state index in [0.29, 0.717) is 5.41 Å². The molecule has 3 rings (SSSR count). The van der Waals surface area contributed by atoms with Crippen LogP contribution < -0.4 is 5.73 Å². The summed E-state index contributed by atoms with van der Waals surface area (Å²) in [5, 5.41) is 0. The lowest BCUT2D eigenvalue weighted by atomic mass is 9.84. The standard InChI is InChI=1S/C12H22N2/c13-8-10-3-4-12(7-10)5-6-14(9-12)11-1-2-11/h10-11H,1-9,13H2/t10-,12+/m0/s1. The number of nitrogens with zero attached hydrogens (tertiary/aromatic N) is 1. The van der Waals surface area contributed by atoms with Gasteiger partial charge in [-0.25, -0.2) is 0 Å². The smallest absolute Gasteiger partial charge is 0.00966 e. The normalized spacial score (nSPS) is 43.9. The van der Waals surface area contributed by atoms with E-state index < -0.39 is 0 Å². The molecule has 0 aromatic carbocycles. The summed E-state index contributed by atoms with van der Waals surface area (Å²) in [5.41, 5.74) is 6.48. The molecule has 80 valence electrons. The summed E-state index contributed by atoms with van der Waals surface area (Å²) in [7, 11) is 0. The number of nitrogens with two attached hydrogens (primary N) is 1. The first-order chi connectivity index (χ1) is 6.81. The molecule has 0 unspecified atom stereocenters. The highest BCUT2D eigenvalue weighted by Crippen LogP contribution is 2.49. The Labute approximate surface area is 86.8 Å². The molecular weight excluding hydrogens is 172 g/mol. The van der Waals surface area contributed by atoms with Crippen molar-refractivity contribution in [3.8, 4) is 0 Å². The van der Waals surface area contributed by atoms with Gasteiger partial charge in [-0.15, -0.1) is 0 Å². The van der Waals surface area contributed by atoms with Crippen molar-refractivity contribution >= 4 is 0 Å². The minimum Gasteiger partial charge on any atom is -0.330 e. The molecule has 2 aliphatic carbocycles. The second-order valence-electron chi connectivity index (χ2n) is 5.80. The van der Waals surface area contributed by atoms with E-state index in [1.807, 2.05) is 0 Å². The van der Waals surface area contributed by atoms with Crippen molar-refractivity contribution in [2.75, 3.05) is 19.6 Å². The second kappa shape index (κ2) is 3.21. The van der Waals surface area contributed by atoms with Crippen LogP contribution in [0, 0.1) is 11.3 Å². The van der Waals surface area contributed by atoms with E-state index in [9.17, 15) is 0 Å². The lowest BCUT2D eigenvalue weighted by Crippen LogP contribution is -2.27. The van der Waals surface area contributed by atoms with Crippen molar-refractivity contribution < 1.29 is 0 Å². The predicted molar refractivity (Wildman–Crippen MR) is 58.0 cm³/mol.